The summed E-state index contributed by atoms with van der Waals surface area (Å²) in [5, 5.41) is 10.7. The van der Waals surface area contributed by atoms with E-state index in [2.05, 4.69) is 41.3 Å². The van der Waals surface area contributed by atoms with E-state index < -0.39 is 0 Å². The van der Waals surface area contributed by atoms with Crippen LogP contribution in [0.4, 0.5) is 0 Å². The first kappa shape index (κ1) is 14.9. The molecule has 1 amide bonds. The Labute approximate surface area is 126 Å². The Morgan fingerprint density at radius 3 is 2.75 bits per heavy atom. The van der Waals surface area contributed by atoms with Crippen LogP contribution in [0, 0.1) is 5.41 Å². The number of imidazole rings is 1. The maximum atomic E-state index is 12.2. The molecule has 8 heteroatoms. The van der Waals surface area contributed by atoms with E-state index in [0.717, 1.165) is 11.3 Å². The molecule has 2 aromatic rings. The highest BCUT2D eigenvalue weighted by Crippen LogP contribution is 2.22. The number of aromatic nitrogens is 4. The van der Waals surface area contributed by atoms with Gasteiger partial charge < -0.3 is 9.88 Å². The number of rotatable bonds is 4. The molecule has 0 bridgehead atoms. The van der Waals surface area contributed by atoms with Gasteiger partial charge in [0.15, 0.2) is 0 Å². The first-order valence-electron chi connectivity index (χ1n) is 6.12. The van der Waals surface area contributed by atoms with Gasteiger partial charge in [0, 0.05) is 18.9 Å². The number of amides is 1. The van der Waals surface area contributed by atoms with Crippen LogP contribution in [0.3, 0.4) is 0 Å². The van der Waals surface area contributed by atoms with Gasteiger partial charge in [0.25, 0.3) is 5.91 Å². The quantitative estimate of drug-likeness (QED) is 0.939. The van der Waals surface area contributed by atoms with Crippen molar-refractivity contribution >= 4 is 28.8 Å². The molecule has 1 unspecified atom stereocenters. The number of carbonyl (C=O) groups is 1. The van der Waals surface area contributed by atoms with Gasteiger partial charge >= 0.3 is 0 Å². The fraction of sp³-hybridized carbons (Fsp3) is 0.500. The van der Waals surface area contributed by atoms with Crippen molar-refractivity contribution in [1.29, 1.82) is 0 Å². The number of nitrogens with one attached hydrogen (secondary N) is 1. The first-order valence-corrected chi connectivity index (χ1v) is 7.31. The summed E-state index contributed by atoms with van der Waals surface area (Å²) in [6, 6.07) is -0.0631. The molecule has 0 aliphatic rings. The van der Waals surface area contributed by atoms with Crippen molar-refractivity contribution in [3.8, 4) is 0 Å². The summed E-state index contributed by atoms with van der Waals surface area (Å²) in [5.41, 5.74) is -0.103. The van der Waals surface area contributed by atoms with E-state index in [9.17, 15) is 4.79 Å². The number of hydrogen-bond acceptors (Lipinski definition) is 5. The van der Waals surface area contributed by atoms with Crippen LogP contribution in [0.5, 0.6) is 0 Å². The van der Waals surface area contributed by atoms with Gasteiger partial charge in [-0.2, -0.15) is 0 Å². The van der Waals surface area contributed by atoms with Gasteiger partial charge in [-0.05, 0) is 17.0 Å². The molecule has 0 fully saturated rings. The third-order valence-electron chi connectivity index (χ3n) is 2.90. The Morgan fingerprint density at radius 2 is 2.25 bits per heavy atom. The average Bonchev–Trinajstić information content (AvgIpc) is 2.98. The van der Waals surface area contributed by atoms with Crippen molar-refractivity contribution in [3.05, 3.63) is 28.2 Å². The van der Waals surface area contributed by atoms with E-state index in [1.54, 1.807) is 12.5 Å². The maximum Gasteiger partial charge on any atom is 0.282 e. The van der Waals surface area contributed by atoms with Gasteiger partial charge in [0.1, 0.15) is 0 Å². The van der Waals surface area contributed by atoms with Crippen LogP contribution in [0.2, 0.25) is 4.47 Å². The van der Waals surface area contributed by atoms with E-state index in [0.29, 0.717) is 6.54 Å². The third-order valence-corrected chi connectivity index (χ3v) is 3.92. The SMILES string of the molecule is CC(C)(C)C(Cn1ccnc1)NC(=O)c1nnc(Cl)s1. The molecule has 0 spiro atoms. The van der Waals surface area contributed by atoms with Crippen LogP contribution >= 0.6 is 22.9 Å². The molecule has 0 aliphatic carbocycles. The van der Waals surface area contributed by atoms with Crippen molar-refractivity contribution < 1.29 is 4.79 Å². The highest BCUT2D eigenvalue weighted by atomic mass is 35.5. The molecule has 0 saturated carbocycles. The summed E-state index contributed by atoms with van der Waals surface area (Å²) < 4.78 is 2.19. The van der Waals surface area contributed by atoms with Crippen molar-refractivity contribution in [3.63, 3.8) is 0 Å². The molecular weight excluding hydrogens is 298 g/mol. The van der Waals surface area contributed by atoms with Gasteiger partial charge in [-0.1, -0.05) is 32.1 Å². The van der Waals surface area contributed by atoms with E-state index in [1.807, 2.05) is 10.8 Å². The van der Waals surface area contributed by atoms with Gasteiger partial charge in [-0.3, -0.25) is 4.79 Å². The minimum atomic E-state index is -0.255. The number of hydrogen-bond donors (Lipinski definition) is 1. The van der Waals surface area contributed by atoms with Crippen LogP contribution in [0.25, 0.3) is 0 Å². The lowest BCUT2D eigenvalue weighted by Crippen LogP contribution is -2.46. The van der Waals surface area contributed by atoms with Gasteiger partial charge in [-0.25, -0.2) is 4.98 Å². The Morgan fingerprint density at radius 1 is 1.50 bits per heavy atom. The minimum Gasteiger partial charge on any atom is -0.345 e. The lowest BCUT2D eigenvalue weighted by atomic mass is 9.86. The molecule has 6 nitrogen and oxygen atoms in total. The number of carbonyl (C=O) groups excluding carboxylic acids is 1. The van der Waals surface area contributed by atoms with Crippen LogP contribution < -0.4 is 5.32 Å². The van der Waals surface area contributed by atoms with Crippen molar-refractivity contribution in [2.24, 2.45) is 5.41 Å². The van der Waals surface area contributed by atoms with Crippen LogP contribution in [0.15, 0.2) is 18.7 Å². The standard InChI is InChI=1S/C12H16ClN5OS/c1-12(2,3)8(6-18-5-4-14-7-18)15-9(19)10-16-17-11(13)20-10/h4-5,7-8H,6H2,1-3H3,(H,15,19). The number of nitrogens with zero attached hydrogens (tertiary/aromatic N) is 4. The van der Waals surface area contributed by atoms with Crippen LogP contribution in [-0.4, -0.2) is 31.7 Å². The second-order valence-electron chi connectivity index (χ2n) is 5.51. The van der Waals surface area contributed by atoms with E-state index >= 15 is 0 Å². The molecular formula is C12H16ClN5OS. The van der Waals surface area contributed by atoms with E-state index in [-0.39, 0.29) is 26.8 Å². The second kappa shape index (κ2) is 5.88. The molecule has 1 atom stereocenters. The predicted octanol–water partition coefficient (Wildman–Crippen LogP) is 2.23. The van der Waals surface area contributed by atoms with Crippen molar-refractivity contribution in [1.82, 2.24) is 25.1 Å². The average molecular weight is 314 g/mol. The molecule has 0 aliphatic heterocycles. The fourth-order valence-electron chi connectivity index (χ4n) is 1.66. The zero-order valence-electron chi connectivity index (χ0n) is 11.5. The fourth-order valence-corrected chi connectivity index (χ4v) is 2.39. The molecule has 0 aromatic carbocycles. The zero-order chi connectivity index (χ0) is 14.8. The highest BCUT2D eigenvalue weighted by Gasteiger charge is 2.28. The number of halogens is 1. The van der Waals surface area contributed by atoms with Crippen molar-refractivity contribution in [2.45, 2.75) is 33.4 Å². The molecule has 2 aromatic heterocycles. The summed E-state index contributed by atoms with van der Waals surface area (Å²) in [7, 11) is 0. The molecule has 1 N–H and O–H groups in total. The van der Waals surface area contributed by atoms with Gasteiger partial charge in [0.2, 0.25) is 9.47 Å². The monoisotopic (exact) mass is 313 g/mol. The maximum absolute atomic E-state index is 12.2. The summed E-state index contributed by atoms with van der Waals surface area (Å²) in [4.78, 5) is 16.2. The molecule has 108 valence electrons. The smallest absolute Gasteiger partial charge is 0.282 e. The summed E-state index contributed by atoms with van der Waals surface area (Å²) >= 11 is 6.77. The summed E-state index contributed by atoms with van der Waals surface area (Å²) in [6.07, 6.45) is 5.31. The Bertz CT molecular complexity index is 575. The van der Waals surface area contributed by atoms with Crippen LogP contribution in [-0.2, 0) is 6.54 Å². The van der Waals surface area contributed by atoms with E-state index in [4.69, 9.17) is 11.6 Å². The summed E-state index contributed by atoms with van der Waals surface area (Å²) in [5.74, 6) is -0.255. The predicted molar refractivity (Wildman–Crippen MR) is 77.9 cm³/mol. The summed E-state index contributed by atoms with van der Waals surface area (Å²) in [6.45, 7) is 6.85. The van der Waals surface area contributed by atoms with Gasteiger partial charge in [-0.15, -0.1) is 10.2 Å². The molecule has 0 saturated heterocycles. The van der Waals surface area contributed by atoms with E-state index in [1.165, 1.54) is 0 Å². The Hall–Kier alpha value is -1.47. The second-order valence-corrected chi connectivity index (χ2v) is 7.07. The molecule has 2 heterocycles. The largest absolute Gasteiger partial charge is 0.345 e. The van der Waals surface area contributed by atoms with Crippen LogP contribution in [0.1, 0.15) is 30.6 Å². The lowest BCUT2D eigenvalue weighted by molar-refractivity contribution is 0.0891. The topological polar surface area (TPSA) is 72.7 Å². The van der Waals surface area contributed by atoms with Gasteiger partial charge in [0.05, 0.1) is 12.4 Å². The third kappa shape index (κ3) is 3.77. The first-order chi connectivity index (χ1) is 9.36. The molecule has 2 rings (SSSR count). The Balaban J connectivity index is 2.10. The van der Waals surface area contributed by atoms with Crippen molar-refractivity contribution in [2.75, 3.05) is 0 Å². The normalized spacial score (nSPS) is 13.2. The Kier molecular flexibility index (Phi) is 4.39. The molecule has 0 radical (unpaired) electrons. The lowest BCUT2D eigenvalue weighted by Gasteiger charge is -2.31. The minimum absolute atomic E-state index is 0.0631. The zero-order valence-corrected chi connectivity index (χ0v) is 13.1. The molecule has 20 heavy (non-hydrogen) atoms. The highest BCUT2D eigenvalue weighted by molar-refractivity contribution is 7.17.